The first-order chi connectivity index (χ1) is 10.8. The number of nitrogen functional groups attached to an aromatic ring is 1. The lowest BCUT2D eigenvalue weighted by Gasteiger charge is -2.09. The van der Waals surface area contributed by atoms with Crippen LogP contribution in [0.3, 0.4) is 0 Å². The lowest BCUT2D eigenvalue weighted by molar-refractivity contribution is -0.384. The standard InChI is InChI=1S/C13H10Cl2N4O4/c1-23-13(20)6-2-10(19(21)22)12(17-5-6)18-7-3-8(14)11(16)9(15)4-7/h2-5H,16H2,1H3,(H,17,18). The van der Waals surface area contributed by atoms with Crippen molar-refractivity contribution in [3.05, 3.63) is 50.1 Å². The summed E-state index contributed by atoms with van der Waals surface area (Å²) in [5.74, 6) is -0.815. The molecule has 0 bridgehead atoms. The molecule has 1 aromatic heterocycles. The van der Waals surface area contributed by atoms with Gasteiger partial charge in [0, 0.05) is 18.0 Å². The molecule has 0 aliphatic rings. The van der Waals surface area contributed by atoms with Crippen LogP contribution in [0, 0.1) is 10.1 Å². The molecule has 120 valence electrons. The van der Waals surface area contributed by atoms with Crippen LogP contribution in [-0.2, 0) is 4.74 Å². The smallest absolute Gasteiger partial charge is 0.339 e. The Hall–Kier alpha value is -2.58. The molecule has 8 nitrogen and oxygen atoms in total. The average molecular weight is 357 g/mol. The van der Waals surface area contributed by atoms with Crippen LogP contribution in [-0.4, -0.2) is 23.0 Å². The number of pyridine rings is 1. The summed E-state index contributed by atoms with van der Waals surface area (Å²) < 4.78 is 4.50. The molecule has 0 saturated carbocycles. The number of nitrogens with one attached hydrogen (secondary N) is 1. The molecule has 1 aromatic carbocycles. The van der Waals surface area contributed by atoms with Crippen molar-refractivity contribution in [1.82, 2.24) is 4.98 Å². The maximum atomic E-state index is 11.4. The van der Waals surface area contributed by atoms with Crippen LogP contribution in [0.25, 0.3) is 0 Å². The molecule has 3 N–H and O–H groups in total. The number of hydrogen-bond acceptors (Lipinski definition) is 7. The lowest BCUT2D eigenvalue weighted by atomic mass is 10.2. The fourth-order valence-electron chi connectivity index (χ4n) is 1.71. The minimum atomic E-state index is -0.731. The van der Waals surface area contributed by atoms with Gasteiger partial charge in [0.25, 0.3) is 0 Å². The van der Waals surface area contributed by atoms with Gasteiger partial charge in [-0.25, -0.2) is 9.78 Å². The third kappa shape index (κ3) is 3.61. The number of aromatic nitrogens is 1. The molecule has 0 saturated heterocycles. The maximum absolute atomic E-state index is 11.4. The number of halogens is 2. The zero-order chi connectivity index (χ0) is 17.1. The van der Waals surface area contributed by atoms with Crippen molar-refractivity contribution in [1.29, 1.82) is 0 Å². The monoisotopic (exact) mass is 356 g/mol. The number of hydrogen-bond donors (Lipinski definition) is 2. The summed E-state index contributed by atoms with van der Waals surface area (Å²) in [5, 5.41) is 14.3. The molecule has 0 fully saturated rings. The van der Waals surface area contributed by atoms with E-state index in [1.54, 1.807) is 0 Å². The van der Waals surface area contributed by atoms with E-state index < -0.39 is 16.6 Å². The van der Waals surface area contributed by atoms with E-state index in [2.05, 4.69) is 15.0 Å². The van der Waals surface area contributed by atoms with Gasteiger partial charge >= 0.3 is 11.7 Å². The summed E-state index contributed by atoms with van der Waals surface area (Å²) in [4.78, 5) is 25.8. The van der Waals surface area contributed by atoms with Crippen molar-refractivity contribution < 1.29 is 14.5 Å². The summed E-state index contributed by atoms with van der Waals surface area (Å²) in [6, 6.07) is 3.95. The van der Waals surface area contributed by atoms with Gasteiger partial charge in [-0.3, -0.25) is 10.1 Å². The number of benzene rings is 1. The molecule has 0 radical (unpaired) electrons. The molecule has 2 rings (SSSR count). The van der Waals surface area contributed by atoms with Gasteiger partial charge in [-0.2, -0.15) is 0 Å². The Morgan fingerprint density at radius 1 is 1.35 bits per heavy atom. The highest BCUT2D eigenvalue weighted by molar-refractivity contribution is 6.39. The number of carbonyl (C=O) groups is 1. The number of rotatable bonds is 4. The van der Waals surface area contributed by atoms with E-state index in [0.29, 0.717) is 5.69 Å². The van der Waals surface area contributed by atoms with Crippen molar-refractivity contribution in [2.24, 2.45) is 0 Å². The van der Waals surface area contributed by atoms with Crippen LogP contribution in [0.1, 0.15) is 10.4 Å². The molecule has 0 amide bonds. The summed E-state index contributed by atoms with van der Waals surface area (Å²) in [6.45, 7) is 0. The molecule has 2 aromatic rings. The Bertz CT molecular complexity index is 775. The van der Waals surface area contributed by atoms with Crippen molar-refractivity contribution in [3.8, 4) is 0 Å². The zero-order valence-corrected chi connectivity index (χ0v) is 13.2. The van der Waals surface area contributed by atoms with Crippen LogP contribution >= 0.6 is 23.2 Å². The van der Waals surface area contributed by atoms with Gasteiger partial charge in [-0.05, 0) is 12.1 Å². The van der Waals surface area contributed by atoms with E-state index in [1.807, 2.05) is 0 Å². The van der Waals surface area contributed by atoms with Gasteiger partial charge < -0.3 is 15.8 Å². The van der Waals surface area contributed by atoms with Crippen LogP contribution < -0.4 is 11.1 Å². The quantitative estimate of drug-likeness (QED) is 0.372. The summed E-state index contributed by atoms with van der Waals surface area (Å²) >= 11 is 11.8. The second kappa shape index (κ2) is 6.67. The first-order valence-corrected chi connectivity index (χ1v) is 6.83. The Balaban J connectivity index is 2.43. The van der Waals surface area contributed by atoms with Gasteiger partial charge in [0.1, 0.15) is 0 Å². The second-order valence-electron chi connectivity index (χ2n) is 4.32. The fourth-order valence-corrected chi connectivity index (χ4v) is 2.20. The molecule has 0 aliphatic heterocycles. The van der Waals surface area contributed by atoms with E-state index in [4.69, 9.17) is 28.9 Å². The average Bonchev–Trinajstić information content (AvgIpc) is 2.51. The maximum Gasteiger partial charge on any atom is 0.339 e. The first-order valence-electron chi connectivity index (χ1n) is 6.07. The molecule has 0 aliphatic carbocycles. The third-order valence-electron chi connectivity index (χ3n) is 2.83. The predicted octanol–water partition coefficient (Wildman–Crippen LogP) is 3.41. The van der Waals surface area contributed by atoms with Crippen molar-refractivity contribution in [2.45, 2.75) is 0 Å². The van der Waals surface area contributed by atoms with Gasteiger partial charge in [-0.1, -0.05) is 23.2 Å². The predicted molar refractivity (Wildman–Crippen MR) is 86.4 cm³/mol. The SMILES string of the molecule is COC(=O)c1cnc(Nc2cc(Cl)c(N)c(Cl)c2)c([N+](=O)[O-])c1. The van der Waals surface area contributed by atoms with Gasteiger partial charge in [0.15, 0.2) is 0 Å². The summed E-state index contributed by atoms with van der Waals surface area (Å²) in [5.41, 5.74) is 5.73. The Morgan fingerprint density at radius 3 is 2.48 bits per heavy atom. The molecular weight excluding hydrogens is 347 g/mol. The largest absolute Gasteiger partial charge is 0.465 e. The summed E-state index contributed by atoms with van der Waals surface area (Å²) in [6.07, 6.45) is 1.15. The van der Waals surface area contributed by atoms with Crippen molar-refractivity contribution in [3.63, 3.8) is 0 Å². The number of nitro groups is 1. The van der Waals surface area contributed by atoms with Crippen LogP contribution in [0.5, 0.6) is 0 Å². The number of esters is 1. The number of anilines is 3. The second-order valence-corrected chi connectivity index (χ2v) is 5.13. The molecule has 1 heterocycles. The van der Waals surface area contributed by atoms with Gasteiger partial charge in [-0.15, -0.1) is 0 Å². The minimum Gasteiger partial charge on any atom is -0.465 e. The molecule has 0 unspecified atom stereocenters. The number of nitrogens with two attached hydrogens (primary N) is 1. The van der Waals surface area contributed by atoms with Crippen LogP contribution in [0.4, 0.5) is 22.9 Å². The highest BCUT2D eigenvalue weighted by atomic mass is 35.5. The molecular formula is C13H10Cl2N4O4. The fraction of sp³-hybridized carbons (Fsp3) is 0.0769. The van der Waals surface area contributed by atoms with Crippen molar-refractivity contribution >= 4 is 52.1 Å². The minimum absolute atomic E-state index is 0.0434. The third-order valence-corrected chi connectivity index (χ3v) is 3.45. The van der Waals surface area contributed by atoms with Crippen molar-refractivity contribution in [2.75, 3.05) is 18.2 Å². The Labute approximate surface area is 140 Å². The molecule has 0 atom stereocenters. The molecule has 23 heavy (non-hydrogen) atoms. The van der Waals surface area contributed by atoms with Gasteiger partial charge in [0.2, 0.25) is 5.82 Å². The number of carbonyl (C=O) groups excluding carboxylic acids is 1. The Morgan fingerprint density at radius 2 is 1.96 bits per heavy atom. The zero-order valence-electron chi connectivity index (χ0n) is 11.7. The summed E-state index contributed by atoms with van der Waals surface area (Å²) in [7, 11) is 1.17. The number of ether oxygens (including phenoxy) is 1. The van der Waals surface area contributed by atoms with Crippen LogP contribution in [0.2, 0.25) is 10.0 Å². The van der Waals surface area contributed by atoms with E-state index in [-0.39, 0.29) is 27.1 Å². The van der Waals surface area contributed by atoms with Crippen LogP contribution in [0.15, 0.2) is 24.4 Å². The number of nitrogens with zero attached hydrogens (tertiary/aromatic N) is 2. The Kier molecular flexibility index (Phi) is 4.87. The topological polar surface area (TPSA) is 120 Å². The highest BCUT2D eigenvalue weighted by Gasteiger charge is 2.20. The lowest BCUT2D eigenvalue weighted by Crippen LogP contribution is -2.06. The van der Waals surface area contributed by atoms with E-state index in [1.165, 1.54) is 19.2 Å². The van der Waals surface area contributed by atoms with E-state index in [0.717, 1.165) is 12.3 Å². The molecule has 0 spiro atoms. The number of methoxy groups -OCH3 is 1. The molecule has 10 heteroatoms. The van der Waals surface area contributed by atoms with Gasteiger partial charge in [0.05, 0.1) is 33.3 Å². The first kappa shape index (κ1) is 16.8. The normalized spacial score (nSPS) is 10.2. The van der Waals surface area contributed by atoms with E-state index in [9.17, 15) is 14.9 Å². The van der Waals surface area contributed by atoms with E-state index >= 15 is 0 Å². The highest BCUT2D eigenvalue weighted by Crippen LogP contribution is 2.34.